The lowest BCUT2D eigenvalue weighted by Gasteiger charge is -2.07. The van der Waals surface area contributed by atoms with Gasteiger partial charge in [-0.25, -0.2) is 0 Å². The molecule has 3 nitrogen and oxygen atoms in total. The van der Waals surface area contributed by atoms with Crippen LogP contribution in [0.2, 0.25) is 0 Å². The Kier molecular flexibility index (Phi) is 12.3. The van der Waals surface area contributed by atoms with Crippen molar-refractivity contribution in [2.75, 3.05) is 0 Å². The maximum Gasteiger partial charge on any atom is 0.244 e. The molecule has 0 saturated carbocycles. The second-order valence-electron chi connectivity index (χ2n) is 5.08. The van der Waals surface area contributed by atoms with Crippen LogP contribution in [0.4, 0.5) is 0 Å². The molecule has 21 heavy (non-hydrogen) atoms. The molecule has 1 amide bonds. The summed E-state index contributed by atoms with van der Waals surface area (Å²) in [4.78, 5) is 22.5. The van der Waals surface area contributed by atoms with Crippen LogP contribution in [0.1, 0.15) is 59.3 Å². The summed E-state index contributed by atoms with van der Waals surface area (Å²) in [5.41, 5.74) is 0. The van der Waals surface area contributed by atoms with Crippen LogP contribution in [-0.4, -0.2) is 17.7 Å². The summed E-state index contributed by atoms with van der Waals surface area (Å²) < 4.78 is 0. The maximum absolute atomic E-state index is 11.4. The van der Waals surface area contributed by atoms with Crippen molar-refractivity contribution in [3.8, 4) is 0 Å². The molecular weight excluding hydrogens is 262 g/mol. The van der Waals surface area contributed by atoms with Gasteiger partial charge in [0.05, 0.1) is 0 Å². The van der Waals surface area contributed by atoms with Gasteiger partial charge in [0.25, 0.3) is 0 Å². The van der Waals surface area contributed by atoms with E-state index in [1.54, 1.807) is 12.2 Å². The summed E-state index contributed by atoms with van der Waals surface area (Å²) >= 11 is 0. The normalized spacial score (nSPS) is 13.3. The van der Waals surface area contributed by atoms with E-state index in [-0.39, 0.29) is 11.9 Å². The van der Waals surface area contributed by atoms with Gasteiger partial charge in [-0.15, -0.1) is 0 Å². The maximum atomic E-state index is 11.4. The zero-order valence-electron chi connectivity index (χ0n) is 13.6. The van der Waals surface area contributed by atoms with Gasteiger partial charge in [-0.1, -0.05) is 44.2 Å². The molecule has 0 bridgehead atoms. The zero-order chi connectivity index (χ0) is 15.9. The molecule has 118 valence electrons. The van der Waals surface area contributed by atoms with Crippen molar-refractivity contribution < 1.29 is 9.59 Å². The van der Waals surface area contributed by atoms with E-state index in [1.807, 2.05) is 32.9 Å². The number of ketones is 1. The molecular formula is C18H29NO2. The van der Waals surface area contributed by atoms with Gasteiger partial charge in [0, 0.05) is 25.0 Å². The van der Waals surface area contributed by atoms with Crippen LogP contribution in [0.25, 0.3) is 0 Å². The second kappa shape index (κ2) is 13.3. The molecule has 0 aliphatic carbocycles. The molecule has 0 rings (SSSR count). The van der Waals surface area contributed by atoms with E-state index >= 15 is 0 Å². The average molecular weight is 291 g/mol. The van der Waals surface area contributed by atoms with Crippen molar-refractivity contribution in [3.63, 3.8) is 0 Å². The summed E-state index contributed by atoms with van der Waals surface area (Å²) in [7, 11) is 0. The number of unbranched alkanes of at least 4 members (excludes halogenated alkanes) is 1. The van der Waals surface area contributed by atoms with Crippen molar-refractivity contribution >= 4 is 11.7 Å². The summed E-state index contributed by atoms with van der Waals surface area (Å²) in [6.45, 7) is 5.93. The zero-order valence-corrected chi connectivity index (χ0v) is 13.6. The highest BCUT2D eigenvalue weighted by atomic mass is 16.1. The molecule has 1 N–H and O–H groups in total. The summed E-state index contributed by atoms with van der Waals surface area (Å²) in [5.74, 6) is 0.273. The fourth-order valence-electron chi connectivity index (χ4n) is 1.56. The predicted octanol–water partition coefficient (Wildman–Crippen LogP) is 4.11. The molecule has 0 aromatic carbocycles. The fraction of sp³-hybridized carbons (Fsp3) is 0.556. The number of nitrogens with one attached hydrogen (secondary N) is 1. The van der Waals surface area contributed by atoms with E-state index in [0.29, 0.717) is 18.6 Å². The van der Waals surface area contributed by atoms with Crippen LogP contribution < -0.4 is 5.32 Å². The van der Waals surface area contributed by atoms with Crippen LogP contribution in [0.3, 0.4) is 0 Å². The van der Waals surface area contributed by atoms with Crippen molar-refractivity contribution in [2.45, 2.75) is 65.3 Å². The second-order valence-corrected chi connectivity index (χ2v) is 5.08. The minimum absolute atomic E-state index is 0.0468. The van der Waals surface area contributed by atoms with E-state index < -0.39 is 0 Å². The van der Waals surface area contributed by atoms with Crippen molar-refractivity contribution in [1.29, 1.82) is 0 Å². The first-order valence-electron chi connectivity index (χ1n) is 7.90. The first-order chi connectivity index (χ1) is 10.1. The van der Waals surface area contributed by atoms with E-state index in [9.17, 15) is 9.59 Å². The first-order valence-corrected chi connectivity index (χ1v) is 7.90. The molecule has 0 heterocycles. The molecule has 0 aromatic rings. The Labute approximate surface area is 129 Å². The third-order valence-electron chi connectivity index (χ3n) is 3.15. The minimum Gasteiger partial charge on any atom is -0.350 e. The Balaban J connectivity index is 3.66. The third kappa shape index (κ3) is 13.1. The Bertz CT molecular complexity index is 381. The Morgan fingerprint density at radius 2 is 1.67 bits per heavy atom. The van der Waals surface area contributed by atoms with Crippen molar-refractivity contribution in [3.05, 3.63) is 36.5 Å². The van der Waals surface area contributed by atoms with Gasteiger partial charge in [-0.3, -0.25) is 9.59 Å². The summed E-state index contributed by atoms with van der Waals surface area (Å²) in [6, 6.07) is 0.218. The highest BCUT2D eigenvalue weighted by Crippen LogP contribution is 1.99. The number of allylic oxidation sites excluding steroid dienone is 5. The standard InChI is InChI=1S/C18H29NO2/c1-4-16(3)19-18(21)15-13-11-9-7-6-8-10-12-14-17(20)5-2/h8-11,13,15-16H,4-7,12,14H2,1-3H3,(H,19,21). The highest BCUT2D eigenvalue weighted by Gasteiger charge is 1.99. The van der Waals surface area contributed by atoms with E-state index in [1.165, 1.54) is 0 Å². The first kappa shape index (κ1) is 19.4. The van der Waals surface area contributed by atoms with Gasteiger partial charge >= 0.3 is 0 Å². The van der Waals surface area contributed by atoms with Gasteiger partial charge in [0.15, 0.2) is 0 Å². The number of carbonyl (C=O) groups is 2. The van der Waals surface area contributed by atoms with Crippen LogP contribution in [0, 0.1) is 0 Å². The van der Waals surface area contributed by atoms with Crippen molar-refractivity contribution in [1.82, 2.24) is 5.32 Å². The molecule has 0 aliphatic rings. The molecule has 0 aliphatic heterocycles. The van der Waals surface area contributed by atoms with Gasteiger partial charge in [0.1, 0.15) is 5.78 Å². The van der Waals surface area contributed by atoms with E-state index in [0.717, 1.165) is 25.7 Å². The molecule has 0 saturated heterocycles. The predicted molar refractivity (Wildman–Crippen MR) is 89.1 cm³/mol. The molecule has 0 fully saturated rings. The van der Waals surface area contributed by atoms with Crippen LogP contribution in [0.5, 0.6) is 0 Å². The fourth-order valence-corrected chi connectivity index (χ4v) is 1.56. The lowest BCUT2D eigenvalue weighted by molar-refractivity contribution is -0.119. The monoisotopic (exact) mass is 291 g/mol. The quantitative estimate of drug-likeness (QED) is 0.269. The van der Waals surface area contributed by atoms with Crippen LogP contribution in [-0.2, 0) is 9.59 Å². The van der Waals surface area contributed by atoms with Crippen LogP contribution in [0.15, 0.2) is 36.5 Å². The van der Waals surface area contributed by atoms with Crippen molar-refractivity contribution in [2.24, 2.45) is 0 Å². The topological polar surface area (TPSA) is 46.2 Å². The Hall–Kier alpha value is -1.64. The van der Waals surface area contributed by atoms with E-state index in [4.69, 9.17) is 0 Å². The summed E-state index contributed by atoms with van der Waals surface area (Å²) in [6.07, 6.45) is 16.4. The van der Waals surface area contributed by atoms with E-state index in [2.05, 4.69) is 17.5 Å². The molecule has 3 heteroatoms. The number of amides is 1. The van der Waals surface area contributed by atoms with Gasteiger partial charge < -0.3 is 5.32 Å². The number of rotatable bonds is 11. The lowest BCUT2D eigenvalue weighted by Crippen LogP contribution is -2.30. The number of Topliss-reactive ketones (excluding diaryl/α,β-unsaturated/α-hetero) is 1. The minimum atomic E-state index is -0.0468. The Morgan fingerprint density at radius 3 is 2.33 bits per heavy atom. The van der Waals surface area contributed by atoms with Crippen LogP contribution >= 0.6 is 0 Å². The highest BCUT2D eigenvalue weighted by molar-refractivity contribution is 5.87. The largest absolute Gasteiger partial charge is 0.350 e. The van der Waals surface area contributed by atoms with Gasteiger partial charge in [0.2, 0.25) is 5.91 Å². The Morgan fingerprint density at radius 1 is 1.00 bits per heavy atom. The average Bonchev–Trinajstić information content (AvgIpc) is 2.48. The molecule has 0 radical (unpaired) electrons. The molecule has 1 unspecified atom stereocenters. The smallest absolute Gasteiger partial charge is 0.244 e. The SMILES string of the molecule is CCC(=O)CCC=CCCC=CC=CC(=O)NC(C)CC. The van der Waals surface area contributed by atoms with Gasteiger partial charge in [-0.05, 0) is 32.6 Å². The number of carbonyl (C=O) groups excluding carboxylic acids is 2. The lowest BCUT2D eigenvalue weighted by atomic mass is 10.1. The summed E-state index contributed by atoms with van der Waals surface area (Å²) in [5, 5.41) is 2.87. The molecule has 1 atom stereocenters. The number of hydrogen-bond acceptors (Lipinski definition) is 2. The number of hydrogen-bond donors (Lipinski definition) is 1. The molecule has 0 aromatic heterocycles. The molecule has 0 spiro atoms. The van der Waals surface area contributed by atoms with Gasteiger partial charge in [-0.2, -0.15) is 0 Å². The third-order valence-corrected chi connectivity index (χ3v) is 3.15.